The van der Waals surface area contributed by atoms with E-state index in [9.17, 15) is 0 Å². The van der Waals surface area contributed by atoms with Crippen molar-refractivity contribution < 1.29 is 0 Å². The zero-order valence-electron chi connectivity index (χ0n) is 7.39. The summed E-state index contributed by atoms with van der Waals surface area (Å²) in [6.07, 6.45) is 2.43. The molecule has 1 aliphatic heterocycles. The molecular formula is C7H13N5S. The van der Waals surface area contributed by atoms with E-state index in [1.165, 1.54) is 24.4 Å². The number of hydrogen-bond donors (Lipinski definition) is 1. The summed E-state index contributed by atoms with van der Waals surface area (Å²) < 4.78 is 3.76. The van der Waals surface area contributed by atoms with Crippen LogP contribution in [0.1, 0.15) is 12.8 Å². The Morgan fingerprint density at radius 3 is 3.23 bits per heavy atom. The third kappa shape index (κ3) is 1.94. The van der Waals surface area contributed by atoms with Crippen LogP contribution in [0.5, 0.6) is 0 Å². The lowest BCUT2D eigenvalue weighted by Crippen LogP contribution is -2.38. The maximum atomic E-state index is 5.64. The molecule has 5 nitrogen and oxygen atoms in total. The minimum Gasteiger partial charge on any atom is -0.345 e. The van der Waals surface area contributed by atoms with Crippen LogP contribution in [0, 0.1) is 5.92 Å². The molecule has 2 N–H and O–H groups in total. The first-order chi connectivity index (χ1) is 6.40. The number of nitrogens with two attached hydrogens (primary N) is 1. The monoisotopic (exact) mass is 199 g/mol. The number of aromatic nitrogens is 3. The van der Waals surface area contributed by atoms with Crippen LogP contribution in [0.25, 0.3) is 0 Å². The molecule has 0 amide bonds. The lowest BCUT2D eigenvalue weighted by Gasteiger charge is -2.30. The molecule has 1 aromatic rings. The fraction of sp³-hybridized carbons (Fsp3) is 0.857. The maximum Gasteiger partial charge on any atom is 0.227 e. The van der Waals surface area contributed by atoms with Gasteiger partial charge in [0.2, 0.25) is 5.13 Å². The van der Waals surface area contributed by atoms with Gasteiger partial charge in [0.05, 0.1) is 0 Å². The van der Waals surface area contributed by atoms with E-state index in [1.54, 1.807) is 0 Å². The maximum absolute atomic E-state index is 5.64. The van der Waals surface area contributed by atoms with Gasteiger partial charge in [-0.05, 0) is 30.5 Å². The molecule has 6 heteroatoms. The largest absolute Gasteiger partial charge is 0.345 e. The highest BCUT2D eigenvalue weighted by molar-refractivity contribution is 7.09. The molecule has 2 heterocycles. The quantitative estimate of drug-likeness (QED) is 0.732. The summed E-state index contributed by atoms with van der Waals surface area (Å²) in [7, 11) is 0. The summed E-state index contributed by atoms with van der Waals surface area (Å²) in [5.74, 6) is 0.609. The Hall–Kier alpha value is -0.750. The van der Waals surface area contributed by atoms with Gasteiger partial charge in [0.1, 0.15) is 0 Å². The second kappa shape index (κ2) is 3.97. The Bertz CT molecular complexity index is 249. The number of anilines is 1. The third-order valence-electron chi connectivity index (χ3n) is 2.41. The zero-order chi connectivity index (χ0) is 9.10. The second-order valence-electron chi connectivity index (χ2n) is 3.33. The highest BCUT2D eigenvalue weighted by atomic mass is 32.1. The van der Waals surface area contributed by atoms with Crippen LogP contribution in [-0.2, 0) is 0 Å². The van der Waals surface area contributed by atoms with Gasteiger partial charge in [-0.1, -0.05) is 9.59 Å². The molecule has 13 heavy (non-hydrogen) atoms. The molecule has 72 valence electrons. The van der Waals surface area contributed by atoms with Crippen LogP contribution in [0.15, 0.2) is 0 Å². The van der Waals surface area contributed by atoms with Crippen molar-refractivity contribution in [2.75, 3.05) is 24.5 Å². The number of hydrogen-bond acceptors (Lipinski definition) is 6. The molecule has 0 spiro atoms. The Morgan fingerprint density at radius 2 is 2.54 bits per heavy atom. The van der Waals surface area contributed by atoms with E-state index in [2.05, 4.69) is 19.7 Å². The predicted molar refractivity (Wildman–Crippen MR) is 51.7 cm³/mol. The average molecular weight is 199 g/mol. The zero-order valence-corrected chi connectivity index (χ0v) is 8.20. The van der Waals surface area contributed by atoms with Crippen LogP contribution < -0.4 is 10.6 Å². The van der Waals surface area contributed by atoms with Gasteiger partial charge in [-0.25, -0.2) is 0 Å². The lowest BCUT2D eigenvalue weighted by atomic mass is 9.99. The first-order valence-electron chi connectivity index (χ1n) is 4.50. The first-order valence-corrected chi connectivity index (χ1v) is 5.27. The van der Waals surface area contributed by atoms with Gasteiger partial charge in [0.25, 0.3) is 0 Å². The molecule has 0 bridgehead atoms. The molecular weight excluding hydrogens is 186 g/mol. The molecule has 1 aromatic heterocycles. The van der Waals surface area contributed by atoms with Crippen LogP contribution in [0.3, 0.4) is 0 Å². The van der Waals surface area contributed by atoms with Crippen molar-refractivity contribution in [3.8, 4) is 0 Å². The minimum atomic E-state index is 0.609. The molecule has 0 saturated carbocycles. The Labute approximate surface area is 81.1 Å². The molecule has 0 radical (unpaired) electrons. The van der Waals surface area contributed by atoms with Crippen molar-refractivity contribution in [3.63, 3.8) is 0 Å². The van der Waals surface area contributed by atoms with Gasteiger partial charge in [0, 0.05) is 24.6 Å². The van der Waals surface area contributed by atoms with Crippen molar-refractivity contribution >= 4 is 16.7 Å². The normalized spacial score (nSPS) is 23.5. The molecule has 1 unspecified atom stereocenters. The third-order valence-corrected chi connectivity index (χ3v) is 3.07. The van der Waals surface area contributed by atoms with Crippen molar-refractivity contribution in [2.24, 2.45) is 11.7 Å². The van der Waals surface area contributed by atoms with Crippen LogP contribution in [0.4, 0.5) is 5.13 Å². The van der Waals surface area contributed by atoms with E-state index < -0.39 is 0 Å². The molecule has 1 fully saturated rings. The molecule has 0 aliphatic carbocycles. The Balaban J connectivity index is 2.00. The van der Waals surface area contributed by atoms with E-state index in [1.807, 2.05) is 0 Å². The first kappa shape index (κ1) is 8.83. The molecule has 1 aliphatic rings. The average Bonchev–Trinajstić information content (AvgIpc) is 2.71. The van der Waals surface area contributed by atoms with E-state index >= 15 is 0 Å². The van der Waals surface area contributed by atoms with E-state index in [0.717, 1.165) is 24.8 Å². The summed E-state index contributed by atoms with van der Waals surface area (Å²) in [4.78, 5) is 2.23. The van der Waals surface area contributed by atoms with Gasteiger partial charge in [-0.15, -0.1) is 0 Å². The number of rotatable bonds is 2. The van der Waals surface area contributed by atoms with Gasteiger partial charge in [0.15, 0.2) is 0 Å². The second-order valence-corrected chi connectivity index (χ2v) is 4.05. The number of piperidine rings is 1. The fourth-order valence-electron chi connectivity index (χ4n) is 1.68. The summed E-state index contributed by atoms with van der Waals surface area (Å²) in [6, 6.07) is 0. The highest BCUT2D eigenvalue weighted by Crippen LogP contribution is 2.22. The summed E-state index contributed by atoms with van der Waals surface area (Å²) in [5, 5.41) is 8.47. The SMILES string of the molecule is NCC1CCCN(c2nnns2)C1. The van der Waals surface area contributed by atoms with Crippen LogP contribution in [-0.4, -0.2) is 34.4 Å². The molecule has 0 aromatic carbocycles. The van der Waals surface area contributed by atoms with Crippen molar-refractivity contribution in [1.29, 1.82) is 0 Å². The van der Waals surface area contributed by atoms with Crippen molar-refractivity contribution in [2.45, 2.75) is 12.8 Å². The van der Waals surface area contributed by atoms with Crippen molar-refractivity contribution in [3.05, 3.63) is 0 Å². The lowest BCUT2D eigenvalue weighted by molar-refractivity contribution is 0.423. The van der Waals surface area contributed by atoms with Crippen LogP contribution >= 0.6 is 11.5 Å². The van der Waals surface area contributed by atoms with Crippen molar-refractivity contribution in [1.82, 2.24) is 14.8 Å². The number of nitrogens with zero attached hydrogens (tertiary/aromatic N) is 4. The summed E-state index contributed by atoms with van der Waals surface area (Å²) in [5.41, 5.74) is 5.64. The van der Waals surface area contributed by atoms with E-state index in [0.29, 0.717) is 5.92 Å². The Kier molecular flexibility index (Phi) is 2.70. The van der Waals surface area contributed by atoms with Crippen LogP contribution in [0.2, 0.25) is 0 Å². The van der Waals surface area contributed by atoms with E-state index in [4.69, 9.17) is 5.73 Å². The van der Waals surface area contributed by atoms with Gasteiger partial charge in [-0.3, -0.25) is 0 Å². The predicted octanol–water partition coefficient (Wildman–Crippen LogP) is 0.108. The van der Waals surface area contributed by atoms with Gasteiger partial charge < -0.3 is 10.6 Å². The standard InChI is InChI=1S/C7H13N5S/c8-4-6-2-1-3-12(5-6)7-9-10-11-13-7/h6H,1-5,8H2. The summed E-state index contributed by atoms with van der Waals surface area (Å²) >= 11 is 1.35. The molecule has 1 saturated heterocycles. The fourth-order valence-corrected chi connectivity index (χ4v) is 2.18. The smallest absolute Gasteiger partial charge is 0.227 e. The molecule has 2 rings (SSSR count). The minimum absolute atomic E-state index is 0.609. The summed E-state index contributed by atoms with van der Waals surface area (Å²) in [6.45, 7) is 2.84. The topological polar surface area (TPSA) is 67.9 Å². The van der Waals surface area contributed by atoms with Gasteiger partial charge in [-0.2, -0.15) is 0 Å². The van der Waals surface area contributed by atoms with E-state index in [-0.39, 0.29) is 0 Å². The molecule has 1 atom stereocenters. The Morgan fingerprint density at radius 1 is 1.62 bits per heavy atom. The highest BCUT2D eigenvalue weighted by Gasteiger charge is 2.20. The van der Waals surface area contributed by atoms with Gasteiger partial charge >= 0.3 is 0 Å².